The summed E-state index contributed by atoms with van der Waals surface area (Å²) < 4.78 is 0. The van der Waals surface area contributed by atoms with Crippen LogP contribution in [0.4, 0.5) is 0 Å². The summed E-state index contributed by atoms with van der Waals surface area (Å²) in [6, 6.07) is 8.30. The topological polar surface area (TPSA) is 23.5 Å². The average molecular weight is 311 g/mol. The van der Waals surface area contributed by atoms with Crippen molar-refractivity contribution >= 4 is 0 Å². The Morgan fingerprint density at radius 2 is 2.09 bits per heavy atom. The Morgan fingerprint density at radius 1 is 1.26 bits per heavy atom. The van der Waals surface area contributed by atoms with Gasteiger partial charge in [0.2, 0.25) is 0 Å². The van der Waals surface area contributed by atoms with Crippen LogP contribution in [-0.4, -0.2) is 21.6 Å². The summed E-state index contributed by atoms with van der Waals surface area (Å²) in [6.45, 7) is 8.84. The largest absolute Gasteiger partial charge is 0.508 e. The quantitative estimate of drug-likeness (QED) is 0.743. The van der Waals surface area contributed by atoms with Crippen LogP contribution < -0.4 is 0 Å². The van der Waals surface area contributed by atoms with E-state index in [1.165, 1.54) is 32.1 Å². The monoisotopic (exact) mass is 311 g/mol. The van der Waals surface area contributed by atoms with Gasteiger partial charge in [0.05, 0.1) is 0 Å². The lowest BCUT2D eigenvalue weighted by Crippen LogP contribution is -2.59. The first-order valence-corrected chi connectivity index (χ1v) is 8.94. The van der Waals surface area contributed by atoms with Crippen molar-refractivity contribution in [1.29, 1.82) is 0 Å². The molecule has 124 valence electrons. The molecule has 1 heterocycles. The van der Waals surface area contributed by atoms with E-state index in [-0.39, 0.29) is 5.54 Å². The molecule has 1 saturated carbocycles. The maximum Gasteiger partial charge on any atom is 0.120 e. The zero-order chi connectivity index (χ0) is 16.3. The summed E-state index contributed by atoms with van der Waals surface area (Å²) in [4.78, 5) is 2.67. The van der Waals surface area contributed by atoms with E-state index < -0.39 is 0 Å². The predicted octanol–water partition coefficient (Wildman–Crippen LogP) is 5.05. The third kappa shape index (κ3) is 3.23. The molecule has 1 aliphatic carbocycles. The molecular formula is C21H29NO. The first kappa shape index (κ1) is 16.3. The van der Waals surface area contributed by atoms with Crippen molar-refractivity contribution < 1.29 is 5.11 Å². The van der Waals surface area contributed by atoms with E-state index in [4.69, 9.17) is 0 Å². The van der Waals surface area contributed by atoms with E-state index in [0.29, 0.717) is 11.8 Å². The van der Waals surface area contributed by atoms with Crippen molar-refractivity contribution in [2.24, 2.45) is 5.92 Å². The molecule has 3 unspecified atom stereocenters. The Balaban J connectivity index is 1.93. The standard InChI is InChI=1S/C21H29NO/c1-3-8-19-14-17-9-7-13-21(15-17,12-4-2)22(19)16-18-10-5-6-11-20(18)23/h3-6,10-11,17,19,23H,1-2,7-9,12-16H2. The molecule has 0 spiro atoms. The van der Waals surface area contributed by atoms with E-state index in [1.807, 2.05) is 12.1 Å². The predicted molar refractivity (Wildman–Crippen MR) is 96.4 cm³/mol. The van der Waals surface area contributed by atoms with E-state index in [2.05, 4.69) is 36.3 Å². The van der Waals surface area contributed by atoms with Gasteiger partial charge in [0.1, 0.15) is 5.75 Å². The minimum atomic E-state index is 0.221. The summed E-state index contributed by atoms with van der Waals surface area (Å²) in [7, 11) is 0. The van der Waals surface area contributed by atoms with Crippen LogP contribution in [0.25, 0.3) is 0 Å². The number of piperidine rings is 1. The van der Waals surface area contributed by atoms with Crippen LogP contribution in [0.1, 0.15) is 50.5 Å². The zero-order valence-electron chi connectivity index (χ0n) is 14.1. The highest BCUT2D eigenvalue weighted by atomic mass is 16.3. The van der Waals surface area contributed by atoms with Crippen molar-refractivity contribution in [3.63, 3.8) is 0 Å². The summed E-state index contributed by atoms with van der Waals surface area (Å²) in [5.41, 5.74) is 1.26. The zero-order valence-corrected chi connectivity index (χ0v) is 14.1. The molecule has 2 nitrogen and oxygen atoms in total. The van der Waals surface area contributed by atoms with Gasteiger partial charge in [0.25, 0.3) is 0 Å². The van der Waals surface area contributed by atoms with Crippen LogP contribution in [0, 0.1) is 5.92 Å². The Bertz CT molecular complexity index is 567. The van der Waals surface area contributed by atoms with Gasteiger partial charge in [-0.1, -0.05) is 43.2 Å². The molecule has 1 aromatic carbocycles. The molecule has 1 aromatic rings. The Morgan fingerprint density at radius 3 is 2.83 bits per heavy atom. The molecule has 1 N–H and O–H groups in total. The van der Waals surface area contributed by atoms with Gasteiger partial charge in [-0.3, -0.25) is 4.90 Å². The number of fused-ring (bicyclic) bond motifs is 2. The van der Waals surface area contributed by atoms with Gasteiger partial charge in [-0.25, -0.2) is 0 Å². The van der Waals surface area contributed by atoms with Crippen LogP contribution in [0.15, 0.2) is 49.6 Å². The first-order valence-electron chi connectivity index (χ1n) is 8.94. The van der Waals surface area contributed by atoms with Gasteiger partial charge in [-0.2, -0.15) is 0 Å². The highest BCUT2D eigenvalue weighted by Gasteiger charge is 2.47. The third-order valence-electron chi connectivity index (χ3n) is 5.87. The second-order valence-electron chi connectivity index (χ2n) is 7.35. The highest BCUT2D eigenvalue weighted by Crippen LogP contribution is 2.48. The minimum absolute atomic E-state index is 0.221. The van der Waals surface area contributed by atoms with Crippen LogP contribution in [0.3, 0.4) is 0 Å². The van der Waals surface area contributed by atoms with Crippen molar-refractivity contribution in [3.8, 4) is 5.75 Å². The van der Waals surface area contributed by atoms with E-state index in [1.54, 1.807) is 6.07 Å². The second kappa shape index (κ2) is 6.92. The number of rotatable bonds is 6. The third-order valence-corrected chi connectivity index (χ3v) is 5.87. The lowest BCUT2D eigenvalue weighted by Gasteiger charge is -2.56. The molecule has 2 heteroatoms. The number of aromatic hydroxyl groups is 1. The smallest absolute Gasteiger partial charge is 0.120 e. The van der Waals surface area contributed by atoms with Crippen molar-refractivity contribution in [2.45, 2.75) is 63.1 Å². The molecule has 2 bridgehead atoms. The second-order valence-corrected chi connectivity index (χ2v) is 7.35. The Labute approximate surface area is 140 Å². The van der Waals surface area contributed by atoms with Crippen LogP contribution in [-0.2, 0) is 6.54 Å². The van der Waals surface area contributed by atoms with Gasteiger partial charge in [0.15, 0.2) is 0 Å². The van der Waals surface area contributed by atoms with Crippen LogP contribution in [0.2, 0.25) is 0 Å². The van der Waals surface area contributed by atoms with Gasteiger partial charge >= 0.3 is 0 Å². The van der Waals surface area contributed by atoms with Crippen LogP contribution >= 0.6 is 0 Å². The molecule has 3 rings (SSSR count). The summed E-state index contributed by atoms with van der Waals surface area (Å²) in [6.07, 6.45) is 12.7. The number of hydrogen-bond donors (Lipinski definition) is 1. The minimum Gasteiger partial charge on any atom is -0.508 e. The summed E-state index contributed by atoms with van der Waals surface area (Å²) in [5, 5.41) is 10.2. The molecule has 0 aromatic heterocycles. The molecule has 1 saturated heterocycles. The maximum atomic E-state index is 10.2. The summed E-state index contributed by atoms with van der Waals surface area (Å²) >= 11 is 0. The van der Waals surface area contributed by atoms with E-state index in [0.717, 1.165) is 30.9 Å². The van der Waals surface area contributed by atoms with Gasteiger partial charge in [-0.05, 0) is 44.1 Å². The normalized spacial score (nSPS) is 30.8. The average Bonchev–Trinajstić information content (AvgIpc) is 2.53. The lowest BCUT2D eigenvalue weighted by atomic mass is 9.66. The van der Waals surface area contributed by atoms with Gasteiger partial charge < -0.3 is 5.11 Å². The van der Waals surface area contributed by atoms with Gasteiger partial charge in [-0.15, -0.1) is 13.2 Å². The highest BCUT2D eigenvalue weighted by molar-refractivity contribution is 5.32. The van der Waals surface area contributed by atoms with Crippen LogP contribution in [0.5, 0.6) is 5.75 Å². The van der Waals surface area contributed by atoms with E-state index in [9.17, 15) is 5.11 Å². The molecule has 2 aliphatic rings. The number of nitrogens with zero attached hydrogens (tertiary/aromatic N) is 1. The fourth-order valence-electron chi connectivity index (χ4n) is 4.93. The van der Waals surface area contributed by atoms with Crippen molar-refractivity contribution in [3.05, 3.63) is 55.1 Å². The molecule has 23 heavy (non-hydrogen) atoms. The van der Waals surface area contributed by atoms with Crippen molar-refractivity contribution in [2.75, 3.05) is 0 Å². The van der Waals surface area contributed by atoms with E-state index >= 15 is 0 Å². The number of hydrogen-bond acceptors (Lipinski definition) is 2. The number of likely N-dealkylation sites (tertiary alicyclic amines) is 1. The van der Waals surface area contributed by atoms with Gasteiger partial charge in [0, 0.05) is 23.7 Å². The fraction of sp³-hybridized carbons (Fsp3) is 0.524. The Kier molecular flexibility index (Phi) is 4.91. The fourth-order valence-corrected chi connectivity index (χ4v) is 4.93. The molecule has 3 atom stereocenters. The number of phenolic OH excluding ortho intramolecular Hbond substituents is 1. The number of benzene rings is 1. The summed E-state index contributed by atoms with van der Waals surface area (Å²) in [5.74, 6) is 1.26. The SMILES string of the molecule is C=CCC1CC2CCCC(CC=C)(C2)N1Cc1ccccc1O. The number of para-hydroxylation sites is 1. The molecule has 0 radical (unpaired) electrons. The molecule has 1 aliphatic heterocycles. The lowest BCUT2D eigenvalue weighted by molar-refractivity contribution is -0.0588. The van der Waals surface area contributed by atoms with Crippen molar-refractivity contribution in [1.82, 2.24) is 4.90 Å². The molecular weight excluding hydrogens is 282 g/mol. The first-order chi connectivity index (χ1) is 11.2. The Hall–Kier alpha value is -1.54. The maximum absolute atomic E-state index is 10.2. The molecule has 2 fully saturated rings. The molecule has 0 amide bonds. The number of phenols is 1.